The maximum absolute atomic E-state index is 5.80. The molecule has 0 atom stereocenters. The quantitative estimate of drug-likeness (QED) is 0.184. The van der Waals surface area contributed by atoms with Gasteiger partial charge in [0.1, 0.15) is 11.6 Å². The van der Waals surface area contributed by atoms with E-state index in [0.29, 0.717) is 34.4 Å². The van der Waals surface area contributed by atoms with E-state index in [4.69, 9.17) is 10.5 Å². The molecule has 1 aliphatic carbocycles. The fourth-order valence-corrected chi connectivity index (χ4v) is 4.07. The summed E-state index contributed by atoms with van der Waals surface area (Å²) in [6.07, 6.45) is 12.1. The monoisotopic (exact) mass is 461 g/mol. The Morgan fingerprint density at radius 3 is 2.88 bits per heavy atom. The number of thioether (sulfide) groups is 1. The maximum Gasteiger partial charge on any atom is 0.246 e. The number of nitrogens with one attached hydrogen (secondary N) is 2. The summed E-state index contributed by atoms with van der Waals surface area (Å²) in [5.41, 5.74) is 10.5. The zero-order valence-electron chi connectivity index (χ0n) is 18.8. The SMILES string of the molecule is C=C(C=CC(=CC)c1nc(Nc2cccc3c2CCCC3)n[nH]1)Oc1cc(N)nc(SC)n1. The summed E-state index contributed by atoms with van der Waals surface area (Å²) in [4.78, 5) is 13.0. The van der Waals surface area contributed by atoms with Gasteiger partial charge >= 0.3 is 0 Å². The normalized spacial score (nSPS) is 13.7. The van der Waals surface area contributed by atoms with E-state index in [1.54, 1.807) is 12.1 Å². The Labute approximate surface area is 197 Å². The van der Waals surface area contributed by atoms with Gasteiger partial charge in [0.25, 0.3) is 0 Å². The second kappa shape index (κ2) is 10.4. The molecular formula is C24H27N7OS. The van der Waals surface area contributed by atoms with Crippen molar-refractivity contribution in [2.75, 3.05) is 17.3 Å². The van der Waals surface area contributed by atoms with Crippen molar-refractivity contribution in [2.24, 2.45) is 0 Å². The third-order valence-corrected chi connectivity index (χ3v) is 5.83. The number of hydrogen-bond donors (Lipinski definition) is 3. The van der Waals surface area contributed by atoms with Crippen LogP contribution in [-0.2, 0) is 12.8 Å². The lowest BCUT2D eigenvalue weighted by Crippen LogP contribution is -2.06. The van der Waals surface area contributed by atoms with Crippen molar-refractivity contribution in [2.45, 2.75) is 37.8 Å². The average molecular weight is 462 g/mol. The molecule has 2 heterocycles. The second-order valence-corrected chi connectivity index (χ2v) is 8.32. The Bertz CT molecular complexity index is 1220. The lowest BCUT2D eigenvalue weighted by atomic mass is 9.90. The molecule has 0 saturated heterocycles. The predicted octanol–water partition coefficient (Wildman–Crippen LogP) is 5.07. The van der Waals surface area contributed by atoms with Crippen molar-refractivity contribution in [3.05, 3.63) is 71.8 Å². The molecule has 0 bridgehead atoms. The third kappa shape index (κ3) is 5.61. The van der Waals surface area contributed by atoms with Crippen LogP contribution in [0.3, 0.4) is 0 Å². The summed E-state index contributed by atoms with van der Waals surface area (Å²) in [6.45, 7) is 5.87. The molecule has 0 aliphatic heterocycles. The highest BCUT2D eigenvalue weighted by Gasteiger charge is 2.14. The van der Waals surface area contributed by atoms with Gasteiger partial charge in [0.05, 0.1) is 0 Å². The lowest BCUT2D eigenvalue weighted by molar-refractivity contribution is 0.423. The number of H-pyrrole nitrogens is 1. The number of nitrogens with zero attached hydrogens (tertiary/aromatic N) is 4. The minimum Gasteiger partial charge on any atom is -0.439 e. The molecule has 9 heteroatoms. The van der Waals surface area contributed by atoms with Crippen LogP contribution in [0.15, 0.2) is 60.0 Å². The molecular weight excluding hydrogens is 434 g/mol. The van der Waals surface area contributed by atoms with Crippen LogP contribution in [0.1, 0.15) is 36.7 Å². The maximum atomic E-state index is 5.80. The van der Waals surface area contributed by atoms with Crippen molar-refractivity contribution < 1.29 is 4.74 Å². The molecule has 4 N–H and O–H groups in total. The number of nitrogen functional groups attached to an aromatic ring is 1. The van der Waals surface area contributed by atoms with Crippen molar-refractivity contribution in [3.8, 4) is 5.88 Å². The average Bonchev–Trinajstić information content (AvgIpc) is 3.27. The Morgan fingerprint density at radius 1 is 1.21 bits per heavy atom. The smallest absolute Gasteiger partial charge is 0.246 e. The van der Waals surface area contributed by atoms with Gasteiger partial charge in [-0.15, -0.1) is 5.10 Å². The third-order valence-electron chi connectivity index (χ3n) is 5.28. The number of benzene rings is 1. The van der Waals surface area contributed by atoms with Gasteiger partial charge in [-0.3, -0.25) is 5.10 Å². The van der Waals surface area contributed by atoms with E-state index in [1.807, 2.05) is 25.3 Å². The zero-order chi connectivity index (χ0) is 23.2. The minimum atomic E-state index is 0.344. The van der Waals surface area contributed by atoms with Crippen molar-refractivity contribution in [3.63, 3.8) is 0 Å². The largest absolute Gasteiger partial charge is 0.439 e. The van der Waals surface area contributed by atoms with Gasteiger partial charge in [-0.25, -0.2) is 4.98 Å². The Kier molecular flexibility index (Phi) is 7.09. The number of nitrogens with two attached hydrogens (primary N) is 1. The van der Waals surface area contributed by atoms with Crippen LogP contribution in [0.25, 0.3) is 5.57 Å². The summed E-state index contributed by atoms with van der Waals surface area (Å²) in [5.74, 6) is 2.28. The van der Waals surface area contributed by atoms with E-state index < -0.39 is 0 Å². The Morgan fingerprint density at radius 2 is 2.06 bits per heavy atom. The molecule has 8 nitrogen and oxygen atoms in total. The Balaban J connectivity index is 1.43. The molecule has 33 heavy (non-hydrogen) atoms. The number of fused-ring (bicyclic) bond motifs is 1. The highest BCUT2D eigenvalue weighted by molar-refractivity contribution is 7.98. The van der Waals surface area contributed by atoms with Crippen molar-refractivity contribution in [1.29, 1.82) is 0 Å². The molecule has 1 aromatic carbocycles. The van der Waals surface area contributed by atoms with Gasteiger partial charge in [0, 0.05) is 17.3 Å². The fraction of sp³-hybridized carbons (Fsp3) is 0.250. The number of anilines is 3. The van der Waals surface area contributed by atoms with Crippen LogP contribution in [0.4, 0.5) is 17.5 Å². The number of allylic oxidation sites excluding steroid dienone is 4. The second-order valence-electron chi connectivity index (χ2n) is 7.55. The van der Waals surface area contributed by atoms with Crippen molar-refractivity contribution in [1.82, 2.24) is 25.1 Å². The first-order valence-corrected chi connectivity index (χ1v) is 12.0. The van der Waals surface area contributed by atoms with Gasteiger partial charge in [0.15, 0.2) is 11.0 Å². The summed E-state index contributed by atoms with van der Waals surface area (Å²) in [6, 6.07) is 7.93. The highest BCUT2D eigenvalue weighted by Crippen LogP contribution is 2.29. The molecule has 0 fully saturated rings. The molecule has 1 aliphatic rings. The first-order valence-electron chi connectivity index (χ1n) is 10.8. The molecule has 0 unspecified atom stereocenters. The molecule has 3 aromatic rings. The molecule has 170 valence electrons. The Hall–Kier alpha value is -3.59. The number of hydrogen-bond acceptors (Lipinski definition) is 8. The van der Waals surface area contributed by atoms with E-state index >= 15 is 0 Å². The fourth-order valence-electron chi connectivity index (χ4n) is 3.69. The standard InChI is InChI=1S/C24H27N7OS/c1-4-16(13-12-15(2)32-21-14-20(25)27-24(28-21)33-3)22-29-23(31-30-22)26-19-11-7-9-17-8-5-6-10-18(17)19/h4,7,9,11-14H,2,5-6,8,10H2,1,3H3,(H2,25,27,28)(H2,26,29,30,31). The molecule has 0 spiro atoms. The summed E-state index contributed by atoms with van der Waals surface area (Å²) >= 11 is 1.39. The van der Waals surface area contributed by atoms with Gasteiger partial charge in [0.2, 0.25) is 11.8 Å². The number of aromatic nitrogens is 5. The lowest BCUT2D eigenvalue weighted by Gasteiger charge is -2.19. The van der Waals surface area contributed by atoms with Gasteiger partial charge in [-0.2, -0.15) is 9.97 Å². The van der Waals surface area contributed by atoms with Crippen LogP contribution in [-0.4, -0.2) is 31.4 Å². The summed E-state index contributed by atoms with van der Waals surface area (Å²) in [7, 11) is 0. The summed E-state index contributed by atoms with van der Waals surface area (Å²) < 4.78 is 5.69. The first-order chi connectivity index (χ1) is 16.1. The highest BCUT2D eigenvalue weighted by atomic mass is 32.2. The summed E-state index contributed by atoms with van der Waals surface area (Å²) in [5, 5.41) is 11.3. The molecule has 0 radical (unpaired) electrons. The molecule has 2 aromatic heterocycles. The van der Waals surface area contributed by atoms with Gasteiger partial charge in [-0.05, 0) is 68.2 Å². The van der Waals surface area contributed by atoms with Crippen LogP contribution < -0.4 is 15.8 Å². The van der Waals surface area contributed by atoms with Gasteiger partial charge < -0.3 is 15.8 Å². The van der Waals surface area contributed by atoms with Crippen LogP contribution >= 0.6 is 11.8 Å². The zero-order valence-corrected chi connectivity index (χ0v) is 19.6. The van der Waals surface area contributed by atoms with E-state index in [1.165, 1.54) is 35.7 Å². The first kappa shape index (κ1) is 22.6. The number of ether oxygens (including phenoxy) is 1. The van der Waals surface area contributed by atoms with Crippen molar-refractivity contribution >= 4 is 34.8 Å². The molecule has 0 saturated carbocycles. The van der Waals surface area contributed by atoms with Gasteiger partial charge in [-0.1, -0.05) is 36.5 Å². The number of rotatable bonds is 8. The van der Waals surface area contributed by atoms with E-state index in [9.17, 15) is 0 Å². The van der Waals surface area contributed by atoms with Crippen LogP contribution in [0, 0.1) is 0 Å². The number of aromatic amines is 1. The molecule has 0 amide bonds. The van der Waals surface area contributed by atoms with E-state index in [2.05, 4.69) is 55.2 Å². The minimum absolute atomic E-state index is 0.344. The molecule has 4 rings (SSSR count). The van der Waals surface area contributed by atoms with E-state index in [0.717, 1.165) is 24.1 Å². The number of aryl methyl sites for hydroxylation is 1. The van der Waals surface area contributed by atoms with Crippen LogP contribution in [0.5, 0.6) is 5.88 Å². The predicted molar refractivity (Wildman–Crippen MR) is 134 cm³/mol. The van der Waals surface area contributed by atoms with E-state index in [-0.39, 0.29) is 0 Å². The topological polar surface area (TPSA) is 115 Å². The van der Waals surface area contributed by atoms with Crippen LogP contribution in [0.2, 0.25) is 0 Å².